The highest BCUT2D eigenvalue weighted by Gasteiger charge is 2.41. The number of nitrogens with one attached hydrogen (secondary N) is 1. The Hall–Kier alpha value is -2.86. The molecule has 0 atom stereocenters. The monoisotopic (exact) mass is 362 g/mol. The maximum Gasteiger partial charge on any atom is 0.268 e. The average molecular weight is 362 g/mol. The third-order valence-electron chi connectivity index (χ3n) is 5.72. The van der Waals surface area contributed by atoms with Crippen LogP contribution in [-0.2, 0) is 0 Å². The second kappa shape index (κ2) is 6.09. The molecule has 2 fully saturated rings. The van der Waals surface area contributed by atoms with E-state index < -0.39 is 0 Å². The number of nitrogens with zero attached hydrogens (tertiary/aromatic N) is 3. The summed E-state index contributed by atoms with van der Waals surface area (Å²) in [6, 6.07) is 12.0. The molecule has 0 unspecified atom stereocenters. The van der Waals surface area contributed by atoms with Crippen molar-refractivity contribution in [2.75, 3.05) is 20.2 Å². The summed E-state index contributed by atoms with van der Waals surface area (Å²) < 4.78 is 5.28. The Morgan fingerprint density at radius 1 is 1.19 bits per heavy atom. The lowest BCUT2D eigenvalue weighted by Crippen LogP contribution is -2.38. The minimum absolute atomic E-state index is 0.110. The number of carbonyl (C=O) groups excluding carboxylic acids is 1. The van der Waals surface area contributed by atoms with Crippen LogP contribution in [0.3, 0.4) is 0 Å². The van der Waals surface area contributed by atoms with Crippen LogP contribution in [0.2, 0.25) is 0 Å². The molecular weight excluding hydrogens is 340 g/mol. The number of aromatic nitrogens is 2. The van der Waals surface area contributed by atoms with Crippen molar-refractivity contribution in [1.82, 2.24) is 20.0 Å². The summed E-state index contributed by atoms with van der Waals surface area (Å²) in [7, 11) is 1.65. The molecule has 2 aliphatic heterocycles. The number of piperidine rings is 1. The molecule has 6 nitrogen and oxygen atoms in total. The van der Waals surface area contributed by atoms with E-state index in [-0.39, 0.29) is 5.91 Å². The lowest BCUT2D eigenvalue weighted by atomic mass is 10.0. The number of fused-ring (bicyclic) bond motifs is 3. The van der Waals surface area contributed by atoms with Crippen LogP contribution < -0.4 is 4.74 Å². The van der Waals surface area contributed by atoms with Crippen molar-refractivity contribution in [2.24, 2.45) is 0 Å². The first kappa shape index (κ1) is 16.3. The number of aromatic amines is 1. The van der Waals surface area contributed by atoms with Gasteiger partial charge in [-0.05, 0) is 49.6 Å². The van der Waals surface area contributed by atoms with Crippen LogP contribution >= 0.6 is 0 Å². The molecule has 2 bridgehead atoms. The molecule has 27 heavy (non-hydrogen) atoms. The second-order valence-electron chi connectivity index (χ2n) is 7.33. The number of benzene rings is 2. The number of methoxy groups -OCH3 is 1. The number of amides is 1. The highest BCUT2D eigenvalue weighted by Crippen LogP contribution is 2.31. The van der Waals surface area contributed by atoms with Crippen LogP contribution in [0.5, 0.6) is 5.75 Å². The number of hydrazine groups is 1. The molecule has 1 aromatic heterocycles. The third-order valence-corrected chi connectivity index (χ3v) is 5.72. The van der Waals surface area contributed by atoms with E-state index in [0.717, 1.165) is 65.2 Å². The number of aryl methyl sites for hydroxylation is 1. The summed E-state index contributed by atoms with van der Waals surface area (Å²) in [5.74, 6) is 1.71. The Morgan fingerprint density at radius 3 is 2.67 bits per heavy atom. The molecule has 0 saturated carbocycles. The Balaban J connectivity index is 1.47. The number of carbonyl (C=O) groups is 1. The standard InChI is InChI=1S/C21H22N4O2/c1-13-11-14(21(26)25-15-7-9-24(25)10-8-15)3-5-17(13)20-22-18-6-4-16(27-2)12-19(18)23-20/h3-6,11-12,15H,7-10H2,1-2H3,(H,22,23). The highest BCUT2D eigenvalue weighted by atomic mass is 16.5. The molecule has 2 aliphatic rings. The first-order chi connectivity index (χ1) is 13.1. The fraction of sp³-hybridized carbons (Fsp3) is 0.333. The minimum Gasteiger partial charge on any atom is -0.497 e. The van der Waals surface area contributed by atoms with Crippen molar-refractivity contribution in [3.05, 3.63) is 47.5 Å². The van der Waals surface area contributed by atoms with Crippen molar-refractivity contribution in [1.29, 1.82) is 0 Å². The van der Waals surface area contributed by atoms with Crippen molar-refractivity contribution in [2.45, 2.75) is 25.8 Å². The molecule has 138 valence electrons. The van der Waals surface area contributed by atoms with Gasteiger partial charge in [-0.2, -0.15) is 0 Å². The quantitative estimate of drug-likeness (QED) is 0.776. The van der Waals surface area contributed by atoms with Gasteiger partial charge < -0.3 is 9.72 Å². The van der Waals surface area contributed by atoms with Crippen LogP contribution in [0.25, 0.3) is 22.4 Å². The molecule has 2 saturated heterocycles. The third kappa shape index (κ3) is 2.59. The molecule has 0 aliphatic carbocycles. The van der Waals surface area contributed by atoms with Gasteiger partial charge in [0.05, 0.1) is 24.2 Å². The molecule has 1 amide bonds. The van der Waals surface area contributed by atoms with Gasteiger partial charge in [0.1, 0.15) is 11.6 Å². The zero-order chi connectivity index (χ0) is 18.5. The van der Waals surface area contributed by atoms with Crippen LogP contribution in [0.1, 0.15) is 28.8 Å². The normalized spacial score (nSPS) is 21.2. The van der Waals surface area contributed by atoms with Gasteiger partial charge in [0.25, 0.3) is 5.91 Å². The van der Waals surface area contributed by atoms with Crippen molar-refractivity contribution < 1.29 is 9.53 Å². The molecule has 2 aromatic carbocycles. The van der Waals surface area contributed by atoms with E-state index in [4.69, 9.17) is 9.72 Å². The van der Waals surface area contributed by atoms with Crippen molar-refractivity contribution >= 4 is 16.9 Å². The zero-order valence-corrected chi connectivity index (χ0v) is 15.5. The van der Waals surface area contributed by atoms with E-state index >= 15 is 0 Å². The van der Waals surface area contributed by atoms with E-state index in [1.807, 2.05) is 48.3 Å². The lowest BCUT2D eigenvalue weighted by Gasteiger charge is -2.24. The summed E-state index contributed by atoms with van der Waals surface area (Å²) in [4.78, 5) is 21.0. The fourth-order valence-corrected chi connectivity index (χ4v) is 4.28. The van der Waals surface area contributed by atoms with Crippen molar-refractivity contribution in [3.8, 4) is 17.1 Å². The molecule has 3 aromatic rings. The van der Waals surface area contributed by atoms with Gasteiger partial charge in [-0.25, -0.2) is 9.99 Å². The Labute approximate surface area is 157 Å². The minimum atomic E-state index is 0.110. The van der Waals surface area contributed by atoms with Gasteiger partial charge in [-0.15, -0.1) is 0 Å². The molecular formula is C21H22N4O2. The largest absolute Gasteiger partial charge is 0.497 e. The smallest absolute Gasteiger partial charge is 0.268 e. The van der Waals surface area contributed by atoms with Gasteiger partial charge >= 0.3 is 0 Å². The summed E-state index contributed by atoms with van der Waals surface area (Å²) in [5, 5.41) is 4.14. The predicted molar refractivity (Wildman–Crippen MR) is 104 cm³/mol. The first-order valence-corrected chi connectivity index (χ1v) is 9.37. The Bertz CT molecular complexity index is 1020. The summed E-state index contributed by atoms with van der Waals surface area (Å²) >= 11 is 0. The van der Waals surface area contributed by atoms with Gasteiger partial charge in [-0.3, -0.25) is 9.80 Å². The summed E-state index contributed by atoms with van der Waals surface area (Å²) in [5.41, 5.74) is 4.62. The predicted octanol–water partition coefficient (Wildman–Crippen LogP) is 3.38. The van der Waals surface area contributed by atoms with E-state index in [9.17, 15) is 4.79 Å². The SMILES string of the molecule is COc1ccc2nc(-c3ccc(C(=O)N4C5CCN4CC5)cc3C)[nH]c2c1. The van der Waals surface area contributed by atoms with Gasteiger partial charge in [0.2, 0.25) is 0 Å². The maximum absolute atomic E-state index is 13.0. The molecule has 5 rings (SSSR count). The summed E-state index contributed by atoms with van der Waals surface area (Å²) in [6.07, 6.45) is 2.18. The Kier molecular flexibility index (Phi) is 3.68. The lowest BCUT2D eigenvalue weighted by molar-refractivity contribution is 0.0334. The molecule has 6 heteroatoms. The number of hydrogen-bond acceptors (Lipinski definition) is 4. The maximum atomic E-state index is 13.0. The second-order valence-corrected chi connectivity index (χ2v) is 7.33. The molecule has 3 heterocycles. The fourth-order valence-electron chi connectivity index (χ4n) is 4.28. The average Bonchev–Trinajstić information content (AvgIpc) is 3.40. The molecule has 1 N–H and O–H groups in total. The van der Waals surface area contributed by atoms with E-state index in [0.29, 0.717) is 6.04 Å². The topological polar surface area (TPSA) is 61.5 Å². The van der Waals surface area contributed by atoms with Crippen LogP contribution in [0.4, 0.5) is 0 Å². The van der Waals surface area contributed by atoms with Gasteiger partial charge in [0, 0.05) is 30.3 Å². The number of H-pyrrole nitrogens is 1. The van der Waals surface area contributed by atoms with Crippen molar-refractivity contribution in [3.63, 3.8) is 0 Å². The van der Waals surface area contributed by atoms with Gasteiger partial charge in [0.15, 0.2) is 0 Å². The summed E-state index contributed by atoms with van der Waals surface area (Å²) in [6.45, 7) is 4.02. The number of imidazole rings is 1. The van der Waals surface area contributed by atoms with Crippen LogP contribution in [-0.4, -0.2) is 52.1 Å². The number of hydrogen-bond donors (Lipinski definition) is 1. The Morgan fingerprint density at radius 2 is 2.00 bits per heavy atom. The van der Waals surface area contributed by atoms with Crippen LogP contribution in [0, 0.1) is 6.92 Å². The van der Waals surface area contributed by atoms with E-state index in [1.165, 1.54) is 0 Å². The first-order valence-electron chi connectivity index (χ1n) is 9.37. The van der Waals surface area contributed by atoms with Crippen LogP contribution in [0.15, 0.2) is 36.4 Å². The van der Waals surface area contributed by atoms with E-state index in [1.54, 1.807) is 7.11 Å². The number of rotatable bonds is 3. The highest BCUT2D eigenvalue weighted by molar-refractivity contribution is 5.95. The molecule has 0 radical (unpaired) electrons. The number of ether oxygens (including phenoxy) is 1. The molecule has 0 spiro atoms. The van der Waals surface area contributed by atoms with Gasteiger partial charge in [-0.1, -0.05) is 6.07 Å². The van der Waals surface area contributed by atoms with E-state index in [2.05, 4.69) is 9.99 Å². The zero-order valence-electron chi connectivity index (χ0n) is 15.5.